The number of amides is 2. The first-order valence-electron chi connectivity index (χ1n) is 12.9. The van der Waals surface area contributed by atoms with Gasteiger partial charge in [0.2, 0.25) is 5.91 Å². The Labute approximate surface area is 223 Å². The minimum atomic E-state index is -0.439. The molecule has 0 spiro atoms. The van der Waals surface area contributed by atoms with Crippen LogP contribution in [-0.4, -0.2) is 37.2 Å². The number of benzene rings is 3. The Morgan fingerprint density at radius 2 is 1.51 bits per heavy atom. The van der Waals surface area contributed by atoms with Crippen molar-refractivity contribution in [1.29, 1.82) is 0 Å². The maximum Gasteiger partial charge on any atom is 0.407 e. The Bertz CT molecular complexity index is 1250. The zero-order valence-corrected chi connectivity index (χ0v) is 21.4. The first-order chi connectivity index (χ1) is 17.7. The summed E-state index contributed by atoms with van der Waals surface area (Å²) < 4.78 is 5.68. The lowest BCUT2D eigenvalue weighted by atomic mass is 9.87. The van der Waals surface area contributed by atoms with E-state index >= 15 is 0 Å². The van der Waals surface area contributed by atoms with Gasteiger partial charge in [-0.05, 0) is 59.1 Å². The smallest absolute Gasteiger partial charge is 0.407 e. The van der Waals surface area contributed by atoms with Crippen molar-refractivity contribution in [2.45, 2.75) is 49.7 Å². The highest BCUT2D eigenvalue weighted by Crippen LogP contribution is 2.44. The Hall–Kier alpha value is -3.35. The van der Waals surface area contributed by atoms with Gasteiger partial charge in [-0.1, -0.05) is 72.8 Å². The average molecular weight is 518 g/mol. The van der Waals surface area contributed by atoms with Crippen molar-refractivity contribution < 1.29 is 14.3 Å². The fourth-order valence-corrected chi connectivity index (χ4v) is 6.03. The molecule has 37 heavy (non-hydrogen) atoms. The number of carbonyl (C=O) groups is 2. The summed E-state index contributed by atoms with van der Waals surface area (Å²) in [5, 5.41) is 9.44. The fraction of sp³-hybridized carbons (Fsp3) is 0.333. The van der Waals surface area contributed by atoms with Crippen LogP contribution in [0.4, 0.5) is 4.79 Å². The van der Waals surface area contributed by atoms with Crippen molar-refractivity contribution in [1.82, 2.24) is 16.0 Å². The molecule has 0 aromatic heterocycles. The van der Waals surface area contributed by atoms with E-state index in [1.54, 1.807) is 0 Å². The van der Waals surface area contributed by atoms with Crippen LogP contribution in [0.5, 0.6) is 0 Å². The molecule has 0 unspecified atom stereocenters. The van der Waals surface area contributed by atoms with Crippen molar-refractivity contribution in [3.63, 3.8) is 0 Å². The molecule has 0 bridgehead atoms. The summed E-state index contributed by atoms with van der Waals surface area (Å²) in [6.45, 7) is 0.828. The molecule has 2 aliphatic carbocycles. The van der Waals surface area contributed by atoms with Gasteiger partial charge in [-0.15, -0.1) is 12.4 Å². The van der Waals surface area contributed by atoms with Crippen molar-refractivity contribution in [2.24, 2.45) is 0 Å². The van der Waals surface area contributed by atoms with Gasteiger partial charge in [-0.2, -0.15) is 0 Å². The first-order valence-corrected chi connectivity index (χ1v) is 12.9. The highest BCUT2D eigenvalue weighted by molar-refractivity contribution is 5.85. The third-order valence-electron chi connectivity index (χ3n) is 7.80. The van der Waals surface area contributed by atoms with Crippen molar-refractivity contribution in [2.75, 3.05) is 13.2 Å². The van der Waals surface area contributed by atoms with Gasteiger partial charge in [0.25, 0.3) is 0 Å². The predicted molar refractivity (Wildman–Crippen MR) is 146 cm³/mol. The molecule has 6 rings (SSSR count). The number of aryl methyl sites for hydroxylation is 1. The van der Waals surface area contributed by atoms with Crippen LogP contribution in [0, 0.1) is 0 Å². The van der Waals surface area contributed by atoms with Crippen LogP contribution in [0.15, 0.2) is 72.8 Å². The molecule has 192 valence electrons. The van der Waals surface area contributed by atoms with E-state index in [0.29, 0.717) is 13.0 Å². The van der Waals surface area contributed by atoms with E-state index in [1.807, 2.05) is 30.3 Å². The molecule has 7 heteroatoms. The van der Waals surface area contributed by atoms with Crippen molar-refractivity contribution >= 4 is 24.4 Å². The summed E-state index contributed by atoms with van der Waals surface area (Å²) in [7, 11) is 0. The number of alkyl carbamates (subject to hydrolysis) is 1. The van der Waals surface area contributed by atoms with Crippen LogP contribution >= 0.6 is 12.4 Å². The standard InChI is InChI=1S/C30H31N3O3.ClH/c34-29(33-27-15-7-9-19-8-1-2-10-21(19)27)28-16-20(17-31-28)32-30(35)36-18-26-24-13-5-3-11-22(24)23-12-4-6-14-25(23)26;/h1-6,8,10-14,20,26-28,31H,7,9,15-18H2,(H,32,35)(H,33,34);1H/t20-,27+,28-;/m0./s1. The second-order valence-corrected chi connectivity index (χ2v) is 10.0. The minimum absolute atomic E-state index is 0. The molecular formula is C30H32ClN3O3. The zero-order chi connectivity index (χ0) is 24.5. The topological polar surface area (TPSA) is 79.5 Å². The Kier molecular flexibility index (Phi) is 7.49. The van der Waals surface area contributed by atoms with E-state index in [9.17, 15) is 9.59 Å². The van der Waals surface area contributed by atoms with Crippen LogP contribution in [0.1, 0.15) is 53.5 Å². The van der Waals surface area contributed by atoms with Gasteiger partial charge in [-0.3, -0.25) is 4.79 Å². The molecule has 0 saturated carbocycles. The number of hydrogen-bond donors (Lipinski definition) is 3. The highest BCUT2D eigenvalue weighted by atomic mass is 35.5. The van der Waals surface area contributed by atoms with E-state index in [4.69, 9.17) is 4.74 Å². The zero-order valence-electron chi connectivity index (χ0n) is 20.6. The second-order valence-electron chi connectivity index (χ2n) is 10.0. The molecule has 1 heterocycles. The lowest BCUT2D eigenvalue weighted by Crippen LogP contribution is -2.42. The Balaban J connectivity index is 0.00000280. The molecule has 3 aromatic rings. The number of nitrogens with one attached hydrogen (secondary N) is 3. The van der Waals surface area contributed by atoms with Gasteiger partial charge in [0.05, 0.1) is 12.1 Å². The lowest BCUT2D eigenvalue weighted by molar-refractivity contribution is -0.123. The van der Waals surface area contributed by atoms with E-state index < -0.39 is 6.09 Å². The number of carbonyl (C=O) groups excluding carboxylic acids is 2. The molecule has 3 atom stereocenters. The normalized spacial score (nSPS) is 21.7. The minimum Gasteiger partial charge on any atom is -0.449 e. The number of fused-ring (bicyclic) bond motifs is 4. The van der Waals surface area contributed by atoms with Crippen molar-refractivity contribution in [3.05, 3.63) is 95.1 Å². The largest absolute Gasteiger partial charge is 0.449 e. The fourth-order valence-electron chi connectivity index (χ4n) is 6.03. The predicted octanol–water partition coefficient (Wildman–Crippen LogP) is 4.87. The van der Waals surface area contributed by atoms with Gasteiger partial charge in [0.1, 0.15) is 6.61 Å². The average Bonchev–Trinajstić information content (AvgIpc) is 3.50. The SMILES string of the molecule is Cl.O=C(N[C@@H]1CN[C@H](C(=O)N[C@@H]2CCCc3ccccc32)C1)OCC1c2ccccc2-c2ccccc21. The lowest BCUT2D eigenvalue weighted by Gasteiger charge is -2.27. The van der Waals surface area contributed by atoms with Gasteiger partial charge in [0, 0.05) is 18.5 Å². The molecule has 3 aromatic carbocycles. The Morgan fingerprint density at radius 1 is 0.865 bits per heavy atom. The molecular weight excluding hydrogens is 486 g/mol. The van der Waals surface area contributed by atoms with E-state index in [1.165, 1.54) is 33.4 Å². The van der Waals surface area contributed by atoms with Crippen LogP contribution in [0.25, 0.3) is 11.1 Å². The monoisotopic (exact) mass is 517 g/mol. The third kappa shape index (κ3) is 5.09. The number of halogens is 1. The van der Waals surface area contributed by atoms with Gasteiger partial charge in [0.15, 0.2) is 0 Å². The van der Waals surface area contributed by atoms with Gasteiger partial charge >= 0.3 is 6.09 Å². The van der Waals surface area contributed by atoms with E-state index in [2.05, 4.69) is 58.4 Å². The van der Waals surface area contributed by atoms with Crippen LogP contribution in [-0.2, 0) is 16.0 Å². The maximum atomic E-state index is 13.0. The molecule has 1 aliphatic heterocycles. The quantitative estimate of drug-likeness (QED) is 0.451. The summed E-state index contributed by atoms with van der Waals surface area (Å²) >= 11 is 0. The van der Waals surface area contributed by atoms with Crippen LogP contribution in [0.2, 0.25) is 0 Å². The Morgan fingerprint density at radius 3 is 2.24 bits per heavy atom. The van der Waals surface area contributed by atoms with Crippen molar-refractivity contribution in [3.8, 4) is 11.1 Å². The maximum absolute atomic E-state index is 13.0. The summed E-state index contributed by atoms with van der Waals surface area (Å²) in [5.41, 5.74) is 7.34. The molecule has 3 N–H and O–H groups in total. The number of ether oxygens (including phenoxy) is 1. The van der Waals surface area contributed by atoms with E-state index in [0.717, 1.165) is 19.3 Å². The second kappa shape index (κ2) is 11.0. The molecule has 0 radical (unpaired) electrons. The third-order valence-corrected chi connectivity index (χ3v) is 7.80. The molecule has 6 nitrogen and oxygen atoms in total. The molecule has 3 aliphatic rings. The summed E-state index contributed by atoms with van der Waals surface area (Å²) in [4.78, 5) is 25.6. The first kappa shape index (κ1) is 25.3. The highest BCUT2D eigenvalue weighted by Gasteiger charge is 2.33. The summed E-state index contributed by atoms with van der Waals surface area (Å²) in [6, 6.07) is 24.5. The molecule has 1 saturated heterocycles. The van der Waals surface area contributed by atoms with Gasteiger partial charge in [-0.25, -0.2) is 4.79 Å². The van der Waals surface area contributed by atoms with E-state index in [-0.39, 0.29) is 49.0 Å². The molecule has 2 amide bonds. The van der Waals surface area contributed by atoms with Gasteiger partial charge < -0.3 is 20.7 Å². The van der Waals surface area contributed by atoms with Crippen LogP contribution < -0.4 is 16.0 Å². The summed E-state index contributed by atoms with van der Waals surface area (Å²) in [5.74, 6) is 0.0234. The number of hydrogen-bond acceptors (Lipinski definition) is 4. The van der Waals surface area contributed by atoms with Crippen LogP contribution in [0.3, 0.4) is 0 Å². The summed E-state index contributed by atoms with van der Waals surface area (Å²) in [6.07, 6.45) is 3.20. The number of rotatable bonds is 5. The molecule has 1 fully saturated rings.